The number of nitrogens with one attached hydrogen (secondary N) is 1. The largest absolute Gasteiger partial charge is 0.468 e. The molecule has 1 aliphatic heterocycles. The summed E-state index contributed by atoms with van der Waals surface area (Å²) in [6.07, 6.45) is 2.23. The van der Waals surface area contributed by atoms with Crippen molar-refractivity contribution in [3.63, 3.8) is 0 Å². The first-order valence-electron chi connectivity index (χ1n) is 5.53. The maximum absolute atomic E-state index is 12.2. The van der Waals surface area contributed by atoms with E-state index in [1.807, 2.05) is 6.07 Å². The smallest absolute Gasteiger partial charge is 0.157 e. The summed E-state index contributed by atoms with van der Waals surface area (Å²) < 4.78 is 29.6. The number of furan rings is 1. The lowest BCUT2D eigenvalue weighted by Gasteiger charge is -2.21. The molecule has 1 N–H and O–H groups in total. The van der Waals surface area contributed by atoms with Crippen LogP contribution in [0.15, 0.2) is 22.8 Å². The van der Waals surface area contributed by atoms with Crippen molar-refractivity contribution in [2.24, 2.45) is 0 Å². The Morgan fingerprint density at radius 3 is 2.81 bits per heavy atom. The van der Waals surface area contributed by atoms with Crippen LogP contribution in [0.4, 0.5) is 0 Å². The van der Waals surface area contributed by atoms with Gasteiger partial charge in [0.1, 0.15) is 5.76 Å². The van der Waals surface area contributed by atoms with Gasteiger partial charge >= 0.3 is 0 Å². The molecule has 1 saturated heterocycles. The Bertz CT molecular complexity index is 438. The molecule has 1 aliphatic rings. The fourth-order valence-corrected chi connectivity index (χ4v) is 3.92. The molecule has 3 unspecified atom stereocenters. The predicted octanol–water partition coefficient (Wildman–Crippen LogP) is 1.51. The first-order valence-corrected chi connectivity index (χ1v) is 7.14. The van der Waals surface area contributed by atoms with Crippen molar-refractivity contribution in [1.29, 1.82) is 0 Å². The summed E-state index contributed by atoms with van der Waals surface area (Å²) in [6, 6.07) is 3.37. The molecule has 0 aliphatic carbocycles. The molecule has 16 heavy (non-hydrogen) atoms. The summed E-state index contributed by atoms with van der Waals surface area (Å²) in [7, 11) is -3.07. The van der Waals surface area contributed by atoms with Crippen molar-refractivity contribution in [3.8, 4) is 0 Å². The lowest BCUT2D eigenvalue weighted by atomic mass is 10.1. The number of hydrogen-bond donors (Lipinski definition) is 1. The average molecular weight is 243 g/mol. The summed E-state index contributed by atoms with van der Waals surface area (Å²) >= 11 is 0. The van der Waals surface area contributed by atoms with Gasteiger partial charge in [-0.15, -0.1) is 0 Å². The maximum Gasteiger partial charge on any atom is 0.157 e. The Balaban J connectivity index is 2.35. The topological polar surface area (TPSA) is 59.3 Å². The summed E-state index contributed by atoms with van der Waals surface area (Å²) in [5, 5.41) is 2.52. The fraction of sp³-hybridized carbons (Fsp3) is 0.636. The van der Waals surface area contributed by atoms with Crippen LogP contribution in [0.1, 0.15) is 32.1 Å². The van der Waals surface area contributed by atoms with E-state index in [0.717, 1.165) is 0 Å². The maximum atomic E-state index is 12.2. The molecule has 0 spiro atoms. The van der Waals surface area contributed by atoms with E-state index in [0.29, 0.717) is 18.7 Å². The van der Waals surface area contributed by atoms with E-state index in [9.17, 15) is 8.42 Å². The van der Waals surface area contributed by atoms with Crippen LogP contribution in [0.3, 0.4) is 0 Å². The van der Waals surface area contributed by atoms with Gasteiger partial charge in [-0.2, -0.15) is 0 Å². The zero-order chi connectivity index (χ0) is 11.8. The van der Waals surface area contributed by atoms with Gasteiger partial charge in [-0.05, 0) is 38.9 Å². The molecule has 3 atom stereocenters. The Labute approximate surface area is 95.9 Å². The molecule has 4 nitrogen and oxygen atoms in total. The highest BCUT2D eigenvalue weighted by molar-refractivity contribution is 7.92. The highest BCUT2D eigenvalue weighted by atomic mass is 32.2. The van der Waals surface area contributed by atoms with Gasteiger partial charge in [-0.3, -0.25) is 0 Å². The highest BCUT2D eigenvalue weighted by Gasteiger charge is 2.37. The van der Waals surface area contributed by atoms with Gasteiger partial charge in [0.15, 0.2) is 9.84 Å². The lowest BCUT2D eigenvalue weighted by molar-refractivity contribution is 0.409. The molecule has 0 radical (unpaired) electrons. The third-order valence-electron chi connectivity index (χ3n) is 3.31. The minimum atomic E-state index is -3.07. The van der Waals surface area contributed by atoms with E-state index < -0.39 is 15.1 Å². The molecular weight excluding hydrogens is 226 g/mol. The molecule has 5 heteroatoms. The number of rotatable bonds is 1. The SMILES string of the molecule is CC1CCNC(c2ccco2)C(C)S1(=O)=O. The van der Waals surface area contributed by atoms with Gasteiger partial charge in [0.25, 0.3) is 0 Å². The monoisotopic (exact) mass is 243 g/mol. The van der Waals surface area contributed by atoms with Crippen LogP contribution in [0.2, 0.25) is 0 Å². The van der Waals surface area contributed by atoms with E-state index in [1.54, 1.807) is 26.2 Å². The molecular formula is C11H17NO3S. The van der Waals surface area contributed by atoms with E-state index >= 15 is 0 Å². The van der Waals surface area contributed by atoms with Gasteiger partial charge < -0.3 is 9.73 Å². The first-order chi connectivity index (χ1) is 7.53. The van der Waals surface area contributed by atoms with Crippen molar-refractivity contribution < 1.29 is 12.8 Å². The van der Waals surface area contributed by atoms with E-state index in [4.69, 9.17) is 4.42 Å². The predicted molar refractivity (Wildman–Crippen MR) is 61.9 cm³/mol. The average Bonchev–Trinajstić information content (AvgIpc) is 2.73. The quantitative estimate of drug-likeness (QED) is 0.812. The van der Waals surface area contributed by atoms with Gasteiger partial charge in [0, 0.05) is 0 Å². The molecule has 1 aromatic rings. The minimum Gasteiger partial charge on any atom is -0.468 e. The number of hydrogen-bond acceptors (Lipinski definition) is 4. The molecule has 2 heterocycles. The lowest BCUT2D eigenvalue weighted by Crippen LogP contribution is -2.34. The summed E-state index contributed by atoms with van der Waals surface area (Å²) in [4.78, 5) is 0. The second-order valence-corrected chi connectivity index (χ2v) is 7.07. The highest BCUT2D eigenvalue weighted by Crippen LogP contribution is 2.28. The van der Waals surface area contributed by atoms with Crippen LogP contribution in [0.5, 0.6) is 0 Å². The Morgan fingerprint density at radius 1 is 1.44 bits per heavy atom. The van der Waals surface area contributed by atoms with Crippen LogP contribution >= 0.6 is 0 Å². The second kappa shape index (κ2) is 4.22. The Morgan fingerprint density at radius 2 is 2.19 bits per heavy atom. The third kappa shape index (κ3) is 1.89. The number of sulfone groups is 1. The minimum absolute atomic E-state index is 0.232. The summed E-state index contributed by atoms with van der Waals surface area (Å²) in [5.74, 6) is 0.699. The molecule has 0 bridgehead atoms. The first kappa shape index (κ1) is 11.7. The molecule has 0 aromatic carbocycles. The molecule has 1 aromatic heterocycles. The standard InChI is InChI=1S/C11H17NO3S/c1-8-5-6-12-11(9(2)16(8,13)14)10-4-3-7-15-10/h3-4,7-9,11-12H,5-6H2,1-2H3. The fourth-order valence-electron chi connectivity index (χ4n) is 2.13. The molecule has 90 valence electrons. The normalized spacial score (nSPS) is 34.5. The molecule has 0 saturated carbocycles. The van der Waals surface area contributed by atoms with Crippen LogP contribution in [0.25, 0.3) is 0 Å². The van der Waals surface area contributed by atoms with Crippen LogP contribution < -0.4 is 5.32 Å². The second-order valence-electron chi connectivity index (χ2n) is 4.34. The third-order valence-corrected chi connectivity index (χ3v) is 5.98. The zero-order valence-corrected chi connectivity index (χ0v) is 10.3. The van der Waals surface area contributed by atoms with Crippen molar-refractivity contribution in [3.05, 3.63) is 24.2 Å². The zero-order valence-electron chi connectivity index (χ0n) is 9.51. The van der Waals surface area contributed by atoms with E-state index in [2.05, 4.69) is 5.32 Å². The van der Waals surface area contributed by atoms with Crippen molar-refractivity contribution in [1.82, 2.24) is 5.32 Å². The van der Waals surface area contributed by atoms with Crippen LogP contribution in [0, 0.1) is 0 Å². The van der Waals surface area contributed by atoms with E-state index in [1.165, 1.54) is 0 Å². The Kier molecular flexibility index (Phi) is 3.08. The summed E-state index contributed by atoms with van der Waals surface area (Å²) in [6.45, 7) is 4.23. The molecule has 0 amide bonds. The van der Waals surface area contributed by atoms with E-state index in [-0.39, 0.29) is 11.3 Å². The molecule has 1 fully saturated rings. The van der Waals surface area contributed by atoms with Crippen molar-refractivity contribution in [2.45, 2.75) is 36.8 Å². The Hall–Kier alpha value is -0.810. The van der Waals surface area contributed by atoms with Gasteiger partial charge in [0.05, 0.1) is 22.8 Å². The van der Waals surface area contributed by atoms with Crippen molar-refractivity contribution in [2.75, 3.05) is 6.54 Å². The van der Waals surface area contributed by atoms with Gasteiger partial charge in [0.2, 0.25) is 0 Å². The van der Waals surface area contributed by atoms with Gasteiger partial charge in [-0.1, -0.05) is 0 Å². The van der Waals surface area contributed by atoms with Crippen molar-refractivity contribution >= 4 is 9.84 Å². The van der Waals surface area contributed by atoms with Gasteiger partial charge in [-0.25, -0.2) is 8.42 Å². The van der Waals surface area contributed by atoms with Crippen LogP contribution in [-0.4, -0.2) is 25.5 Å². The molecule has 2 rings (SSSR count). The van der Waals surface area contributed by atoms with Crippen LogP contribution in [-0.2, 0) is 9.84 Å². The summed E-state index contributed by atoms with van der Waals surface area (Å²) in [5.41, 5.74) is 0.